The fourth-order valence-electron chi connectivity index (χ4n) is 3.64. The number of carboxylic acid groups (broad SMARTS) is 1. The molecule has 1 aliphatic heterocycles. The van der Waals surface area contributed by atoms with Gasteiger partial charge in [0.15, 0.2) is 0 Å². The van der Waals surface area contributed by atoms with E-state index in [1.807, 2.05) is 0 Å². The van der Waals surface area contributed by atoms with Crippen molar-refractivity contribution in [2.24, 2.45) is 5.92 Å². The van der Waals surface area contributed by atoms with E-state index in [4.69, 9.17) is 4.65 Å². The Labute approximate surface area is 135 Å². The molecule has 23 heavy (non-hydrogen) atoms. The fourth-order valence-corrected chi connectivity index (χ4v) is 3.64. The van der Waals surface area contributed by atoms with Gasteiger partial charge in [0.25, 0.3) is 5.91 Å². The van der Waals surface area contributed by atoms with Crippen LogP contribution in [-0.4, -0.2) is 35.2 Å². The quantitative estimate of drug-likeness (QED) is 0.706. The molecule has 1 atom stereocenters. The van der Waals surface area contributed by atoms with E-state index >= 15 is 0 Å². The number of carboxylic acids is 1. The maximum atomic E-state index is 12.5. The molecule has 1 aromatic carbocycles. The largest absolute Gasteiger partial charge is 0.492 e. The summed E-state index contributed by atoms with van der Waals surface area (Å²) in [6.45, 7) is 2.07. The summed E-state index contributed by atoms with van der Waals surface area (Å²) in [5, 5.41) is 21.9. The van der Waals surface area contributed by atoms with E-state index in [0.29, 0.717) is 23.2 Å². The first kappa shape index (κ1) is 16.0. The molecule has 7 heteroatoms. The average Bonchev–Trinajstić information content (AvgIpc) is 3.15. The van der Waals surface area contributed by atoms with Gasteiger partial charge in [0.05, 0.1) is 6.61 Å². The van der Waals surface area contributed by atoms with Crippen LogP contribution in [0.15, 0.2) is 12.1 Å². The Morgan fingerprint density at radius 2 is 2.04 bits per heavy atom. The number of fused-ring (bicyclic) bond motifs is 1. The predicted molar refractivity (Wildman–Crippen MR) is 84.4 cm³/mol. The van der Waals surface area contributed by atoms with Crippen molar-refractivity contribution in [2.75, 3.05) is 0 Å². The standard InChI is InChI=1S/C16H20BNO5/c1-9-12(7-6-11-8-23-17(22)13(9)11)15(19)18-14(16(20)21)10-4-2-3-5-10/h6-7,10,14,22H,2-5,8H2,1H3,(H,18,19)(H,20,21)/t14-/m0/s1. The van der Waals surface area contributed by atoms with Crippen LogP contribution in [0.25, 0.3) is 0 Å². The summed E-state index contributed by atoms with van der Waals surface area (Å²) < 4.78 is 5.17. The topological polar surface area (TPSA) is 95.9 Å². The molecule has 6 nitrogen and oxygen atoms in total. The first-order valence-corrected chi connectivity index (χ1v) is 7.94. The van der Waals surface area contributed by atoms with Gasteiger partial charge >= 0.3 is 13.1 Å². The average molecular weight is 317 g/mol. The van der Waals surface area contributed by atoms with Gasteiger partial charge in [-0.15, -0.1) is 0 Å². The highest BCUT2D eigenvalue weighted by Crippen LogP contribution is 2.28. The van der Waals surface area contributed by atoms with Crippen LogP contribution in [0.2, 0.25) is 0 Å². The number of carbonyl (C=O) groups excluding carboxylic acids is 1. The van der Waals surface area contributed by atoms with Gasteiger partial charge < -0.3 is 20.1 Å². The van der Waals surface area contributed by atoms with Crippen molar-refractivity contribution < 1.29 is 24.4 Å². The number of nitrogens with one attached hydrogen (secondary N) is 1. The molecule has 1 fully saturated rings. The highest BCUT2D eigenvalue weighted by atomic mass is 16.5. The van der Waals surface area contributed by atoms with Gasteiger partial charge in [-0.25, -0.2) is 4.79 Å². The van der Waals surface area contributed by atoms with Crippen LogP contribution in [-0.2, 0) is 16.1 Å². The van der Waals surface area contributed by atoms with Gasteiger partial charge in [0, 0.05) is 5.56 Å². The molecule has 1 amide bonds. The van der Waals surface area contributed by atoms with Crippen LogP contribution in [0.4, 0.5) is 0 Å². The summed E-state index contributed by atoms with van der Waals surface area (Å²) in [5.41, 5.74) is 2.50. The minimum Gasteiger partial charge on any atom is -0.480 e. The zero-order valence-corrected chi connectivity index (χ0v) is 13.0. The normalized spacial score (nSPS) is 18.8. The summed E-state index contributed by atoms with van der Waals surface area (Å²) in [6, 6.07) is 2.55. The zero-order chi connectivity index (χ0) is 16.6. The Bertz CT molecular complexity index is 642. The van der Waals surface area contributed by atoms with Crippen LogP contribution in [0.3, 0.4) is 0 Å². The van der Waals surface area contributed by atoms with Crippen molar-refractivity contribution in [3.8, 4) is 0 Å². The number of aliphatic carboxylic acids is 1. The van der Waals surface area contributed by atoms with Crippen molar-refractivity contribution in [1.82, 2.24) is 5.32 Å². The lowest BCUT2D eigenvalue weighted by molar-refractivity contribution is -0.140. The molecule has 0 spiro atoms. The predicted octanol–water partition coefficient (Wildman–Crippen LogP) is 0.586. The SMILES string of the molecule is Cc1c(C(=O)N[C@H](C(=O)O)C2CCCC2)ccc2c1B(O)OC2. The minimum absolute atomic E-state index is 0.0138. The molecule has 0 bridgehead atoms. The molecule has 0 unspecified atom stereocenters. The highest BCUT2D eigenvalue weighted by molar-refractivity contribution is 6.62. The lowest BCUT2D eigenvalue weighted by atomic mass is 9.75. The second kappa shape index (κ2) is 6.33. The van der Waals surface area contributed by atoms with Gasteiger partial charge in [-0.1, -0.05) is 18.9 Å². The first-order chi connectivity index (χ1) is 11.0. The molecular formula is C16H20BNO5. The van der Waals surface area contributed by atoms with Crippen LogP contribution < -0.4 is 10.8 Å². The second-order valence-corrected chi connectivity index (χ2v) is 6.31. The van der Waals surface area contributed by atoms with Gasteiger partial charge in [-0.3, -0.25) is 4.79 Å². The zero-order valence-electron chi connectivity index (χ0n) is 13.0. The molecule has 0 radical (unpaired) electrons. The van der Waals surface area contributed by atoms with E-state index in [1.165, 1.54) is 0 Å². The Hall–Kier alpha value is -1.86. The molecule has 1 aliphatic carbocycles. The molecule has 1 saturated carbocycles. The van der Waals surface area contributed by atoms with E-state index in [9.17, 15) is 19.7 Å². The fraction of sp³-hybridized carbons (Fsp3) is 0.500. The molecular weight excluding hydrogens is 297 g/mol. The summed E-state index contributed by atoms with van der Waals surface area (Å²) in [6.07, 6.45) is 3.66. The van der Waals surface area contributed by atoms with Gasteiger partial charge in [0.1, 0.15) is 6.04 Å². The maximum absolute atomic E-state index is 12.5. The Balaban J connectivity index is 1.83. The third-order valence-corrected chi connectivity index (χ3v) is 4.92. The number of hydrogen-bond donors (Lipinski definition) is 3. The number of amides is 1. The minimum atomic E-state index is -1.03. The third-order valence-electron chi connectivity index (χ3n) is 4.92. The highest BCUT2D eigenvalue weighted by Gasteiger charge is 2.34. The monoisotopic (exact) mass is 317 g/mol. The smallest absolute Gasteiger partial charge is 0.480 e. The van der Waals surface area contributed by atoms with E-state index in [-0.39, 0.29) is 5.92 Å². The van der Waals surface area contributed by atoms with Crippen LogP contribution in [0, 0.1) is 12.8 Å². The number of rotatable bonds is 4. The molecule has 1 heterocycles. The molecule has 2 aliphatic rings. The van der Waals surface area contributed by atoms with Crippen molar-refractivity contribution in [2.45, 2.75) is 45.3 Å². The summed E-state index contributed by atoms with van der Waals surface area (Å²) in [7, 11) is -1.03. The van der Waals surface area contributed by atoms with Gasteiger partial charge in [-0.2, -0.15) is 0 Å². The Kier molecular flexibility index (Phi) is 4.41. The molecule has 0 saturated heterocycles. The van der Waals surface area contributed by atoms with Gasteiger partial charge in [-0.05, 0) is 48.3 Å². The molecule has 0 aromatic heterocycles. The van der Waals surface area contributed by atoms with Crippen LogP contribution >= 0.6 is 0 Å². The first-order valence-electron chi connectivity index (χ1n) is 7.94. The molecule has 3 N–H and O–H groups in total. The summed E-state index contributed by atoms with van der Waals surface area (Å²) in [4.78, 5) is 24.0. The van der Waals surface area contributed by atoms with E-state index in [2.05, 4.69) is 5.32 Å². The van der Waals surface area contributed by atoms with Crippen molar-refractivity contribution >= 4 is 24.5 Å². The van der Waals surface area contributed by atoms with E-state index in [0.717, 1.165) is 31.2 Å². The van der Waals surface area contributed by atoms with Crippen molar-refractivity contribution in [1.29, 1.82) is 0 Å². The third kappa shape index (κ3) is 2.98. The number of carbonyl (C=O) groups is 2. The Morgan fingerprint density at radius 1 is 1.35 bits per heavy atom. The summed E-state index contributed by atoms with van der Waals surface area (Å²) in [5.74, 6) is -1.42. The lowest BCUT2D eigenvalue weighted by Crippen LogP contribution is -2.46. The maximum Gasteiger partial charge on any atom is 0.492 e. The van der Waals surface area contributed by atoms with Crippen LogP contribution in [0.1, 0.15) is 47.2 Å². The number of hydrogen-bond acceptors (Lipinski definition) is 4. The Morgan fingerprint density at radius 3 is 2.70 bits per heavy atom. The van der Waals surface area contributed by atoms with Crippen molar-refractivity contribution in [3.63, 3.8) is 0 Å². The lowest BCUT2D eigenvalue weighted by Gasteiger charge is -2.21. The molecule has 122 valence electrons. The summed E-state index contributed by atoms with van der Waals surface area (Å²) >= 11 is 0. The van der Waals surface area contributed by atoms with E-state index < -0.39 is 25.0 Å². The van der Waals surface area contributed by atoms with Crippen LogP contribution in [0.5, 0.6) is 0 Å². The molecule has 3 rings (SSSR count). The van der Waals surface area contributed by atoms with Gasteiger partial charge in [0.2, 0.25) is 0 Å². The number of benzene rings is 1. The second-order valence-electron chi connectivity index (χ2n) is 6.31. The van der Waals surface area contributed by atoms with E-state index in [1.54, 1.807) is 19.1 Å². The molecule has 1 aromatic rings. The van der Waals surface area contributed by atoms with Crippen molar-refractivity contribution in [3.05, 3.63) is 28.8 Å².